The number of amides is 1. The van der Waals surface area contributed by atoms with Crippen molar-refractivity contribution in [2.45, 2.75) is 17.4 Å². The molecular formula is C17H21N3O4S2. The molecule has 7 nitrogen and oxygen atoms in total. The van der Waals surface area contributed by atoms with E-state index in [0.29, 0.717) is 0 Å². The Labute approximate surface area is 156 Å². The number of sulfonamides is 1. The molecule has 2 heterocycles. The van der Waals surface area contributed by atoms with E-state index in [1.165, 1.54) is 25.3 Å². The maximum Gasteiger partial charge on any atom is 0.252 e. The highest BCUT2D eigenvalue weighted by atomic mass is 32.2. The molecule has 0 aliphatic carbocycles. The lowest BCUT2D eigenvalue weighted by Gasteiger charge is -2.38. The summed E-state index contributed by atoms with van der Waals surface area (Å²) in [5.74, 6) is -0.496. The fourth-order valence-electron chi connectivity index (χ4n) is 2.89. The topological polar surface area (TPSA) is 102 Å². The van der Waals surface area contributed by atoms with Gasteiger partial charge in [0.15, 0.2) is 0 Å². The Kier molecular flexibility index (Phi) is 5.61. The third-order valence-corrected chi connectivity index (χ3v) is 6.60. The van der Waals surface area contributed by atoms with Gasteiger partial charge in [0.1, 0.15) is 5.75 Å². The quantitative estimate of drug-likeness (QED) is 0.707. The summed E-state index contributed by atoms with van der Waals surface area (Å²) in [4.78, 5) is 13.8. The number of rotatable bonds is 8. The van der Waals surface area contributed by atoms with Crippen molar-refractivity contribution in [1.29, 1.82) is 0 Å². The van der Waals surface area contributed by atoms with E-state index in [2.05, 4.69) is 9.62 Å². The van der Waals surface area contributed by atoms with Crippen LogP contribution >= 0.6 is 11.3 Å². The van der Waals surface area contributed by atoms with E-state index in [9.17, 15) is 13.2 Å². The third-order valence-electron chi connectivity index (χ3n) is 4.47. The first-order chi connectivity index (χ1) is 12.4. The molecule has 1 aromatic carbocycles. The van der Waals surface area contributed by atoms with Crippen molar-refractivity contribution in [2.75, 3.05) is 26.7 Å². The number of primary amides is 1. The molecule has 2 aromatic rings. The molecule has 1 aliphatic rings. The van der Waals surface area contributed by atoms with Crippen molar-refractivity contribution < 1.29 is 17.9 Å². The molecule has 140 valence electrons. The van der Waals surface area contributed by atoms with Crippen molar-refractivity contribution in [3.05, 3.63) is 46.2 Å². The predicted octanol–water partition coefficient (Wildman–Crippen LogP) is 1.58. The van der Waals surface area contributed by atoms with Gasteiger partial charge in [-0.2, -0.15) is 11.3 Å². The molecule has 26 heavy (non-hydrogen) atoms. The number of benzene rings is 1. The largest absolute Gasteiger partial charge is 0.496 e. The predicted molar refractivity (Wildman–Crippen MR) is 100.0 cm³/mol. The van der Waals surface area contributed by atoms with Crippen LogP contribution in [0.25, 0.3) is 0 Å². The van der Waals surface area contributed by atoms with E-state index in [1.54, 1.807) is 11.3 Å². The van der Waals surface area contributed by atoms with Gasteiger partial charge in [0, 0.05) is 25.7 Å². The Balaban J connectivity index is 1.80. The molecule has 1 aromatic heterocycles. The van der Waals surface area contributed by atoms with Crippen molar-refractivity contribution in [1.82, 2.24) is 9.62 Å². The van der Waals surface area contributed by atoms with Crippen molar-refractivity contribution in [3.63, 3.8) is 0 Å². The number of nitrogens with two attached hydrogens (primary N) is 1. The zero-order valence-corrected chi connectivity index (χ0v) is 16.0. The first-order valence-electron chi connectivity index (χ1n) is 8.16. The van der Waals surface area contributed by atoms with Gasteiger partial charge in [-0.1, -0.05) is 0 Å². The minimum atomic E-state index is -3.78. The van der Waals surface area contributed by atoms with Crippen LogP contribution in [0.3, 0.4) is 0 Å². The lowest BCUT2D eigenvalue weighted by atomic mass is 10.1. The van der Waals surface area contributed by atoms with Crippen molar-refractivity contribution in [3.8, 4) is 5.75 Å². The first kappa shape index (κ1) is 18.8. The maximum absolute atomic E-state index is 12.7. The maximum atomic E-state index is 12.7. The van der Waals surface area contributed by atoms with Gasteiger partial charge >= 0.3 is 0 Å². The van der Waals surface area contributed by atoms with E-state index in [-0.39, 0.29) is 28.8 Å². The van der Waals surface area contributed by atoms with Crippen LogP contribution in [0.5, 0.6) is 5.75 Å². The summed E-state index contributed by atoms with van der Waals surface area (Å²) in [7, 11) is -2.39. The summed E-state index contributed by atoms with van der Waals surface area (Å²) >= 11 is 1.59. The van der Waals surface area contributed by atoms with Crippen LogP contribution in [0.1, 0.15) is 28.4 Å². The summed E-state index contributed by atoms with van der Waals surface area (Å²) in [5.41, 5.74) is 6.45. The van der Waals surface area contributed by atoms with Gasteiger partial charge in [-0.15, -0.1) is 0 Å². The number of nitrogens with zero attached hydrogens (tertiary/aromatic N) is 1. The van der Waals surface area contributed by atoms with Crippen molar-refractivity contribution in [2.24, 2.45) is 5.73 Å². The van der Waals surface area contributed by atoms with Crippen molar-refractivity contribution >= 4 is 27.3 Å². The van der Waals surface area contributed by atoms with E-state index >= 15 is 0 Å². The van der Waals surface area contributed by atoms with Gasteiger partial charge in [-0.25, -0.2) is 13.1 Å². The normalized spacial score (nSPS) is 16.0. The fourth-order valence-corrected chi connectivity index (χ4v) is 4.66. The summed E-state index contributed by atoms with van der Waals surface area (Å²) in [6, 6.07) is 6.09. The van der Waals surface area contributed by atoms with E-state index in [0.717, 1.165) is 25.1 Å². The second-order valence-electron chi connectivity index (χ2n) is 6.04. The molecule has 9 heteroatoms. The van der Waals surface area contributed by atoms with Gasteiger partial charge < -0.3 is 10.5 Å². The fraction of sp³-hybridized carbons (Fsp3) is 0.353. The van der Waals surface area contributed by atoms with Crippen LogP contribution < -0.4 is 15.2 Å². The summed E-state index contributed by atoms with van der Waals surface area (Å²) in [5, 5.41) is 4.02. The molecule has 1 fully saturated rings. The number of carbonyl (C=O) groups excluding carboxylic acids is 1. The standard InChI is InChI=1S/C17H21N3O4S2/c1-24-16-4-3-13(9-14(16)17(18)21)26(22,23)19-10-15(20-6-2-7-20)12-5-8-25-11-12/h3-5,8-9,11,15,19H,2,6-7,10H2,1H3,(H2,18,21)/t15-/m0/s1. The average Bonchev–Trinajstić information content (AvgIpc) is 3.10. The molecule has 3 rings (SSSR count). The SMILES string of the molecule is COc1ccc(S(=O)(=O)NC[C@@H](c2ccsc2)N2CCC2)cc1C(N)=O. The number of carbonyl (C=O) groups is 1. The van der Waals surface area contributed by atoms with Crippen LogP contribution in [0.4, 0.5) is 0 Å². The third kappa shape index (κ3) is 3.90. The van der Waals surface area contributed by atoms with Crippen LogP contribution in [0.15, 0.2) is 39.9 Å². The van der Waals surface area contributed by atoms with Crippen LogP contribution in [0, 0.1) is 0 Å². The molecule has 1 atom stereocenters. The second-order valence-corrected chi connectivity index (χ2v) is 8.59. The molecule has 1 aliphatic heterocycles. The highest BCUT2D eigenvalue weighted by Gasteiger charge is 2.28. The van der Waals surface area contributed by atoms with Crippen LogP contribution in [0.2, 0.25) is 0 Å². The van der Waals surface area contributed by atoms with E-state index in [4.69, 9.17) is 10.5 Å². The zero-order chi connectivity index (χ0) is 18.7. The van der Waals surface area contributed by atoms with E-state index < -0.39 is 15.9 Å². The van der Waals surface area contributed by atoms with Gasteiger partial charge in [0.2, 0.25) is 10.0 Å². The lowest BCUT2D eigenvalue weighted by Crippen LogP contribution is -2.44. The number of thiophene rings is 1. The summed E-state index contributed by atoms with van der Waals surface area (Å²) < 4.78 is 33.1. The van der Waals surface area contributed by atoms with Crippen LogP contribution in [-0.4, -0.2) is 46.0 Å². The molecule has 0 saturated carbocycles. The molecule has 0 bridgehead atoms. The average molecular weight is 396 g/mol. The molecule has 0 spiro atoms. The Morgan fingerprint density at radius 1 is 1.38 bits per heavy atom. The molecule has 3 N–H and O–H groups in total. The zero-order valence-electron chi connectivity index (χ0n) is 14.3. The highest BCUT2D eigenvalue weighted by molar-refractivity contribution is 7.89. The van der Waals surface area contributed by atoms with Crippen LogP contribution in [-0.2, 0) is 10.0 Å². The molecule has 1 amide bonds. The van der Waals surface area contributed by atoms with Gasteiger partial charge in [-0.05, 0) is 47.0 Å². The number of nitrogens with one attached hydrogen (secondary N) is 1. The Morgan fingerprint density at radius 3 is 2.69 bits per heavy atom. The smallest absolute Gasteiger partial charge is 0.252 e. The molecule has 0 unspecified atom stereocenters. The minimum Gasteiger partial charge on any atom is -0.496 e. The van der Waals surface area contributed by atoms with Gasteiger partial charge in [0.25, 0.3) is 5.91 Å². The Morgan fingerprint density at radius 2 is 2.15 bits per heavy atom. The number of hydrogen-bond donors (Lipinski definition) is 2. The number of hydrogen-bond acceptors (Lipinski definition) is 6. The van der Waals surface area contributed by atoms with Gasteiger partial charge in [0.05, 0.1) is 17.6 Å². The number of likely N-dealkylation sites (tertiary alicyclic amines) is 1. The highest BCUT2D eigenvalue weighted by Crippen LogP contribution is 2.28. The summed E-state index contributed by atoms with van der Waals surface area (Å²) in [6.07, 6.45) is 1.12. The second kappa shape index (κ2) is 7.75. The Bertz CT molecular complexity index is 877. The number of methoxy groups -OCH3 is 1. The molecule has 1 saturated heterocycles. The summed E-state index contributed by atoms with van der Waals surface area (Å²) in [6.45, 7) is 2.17. The van der Waals surface area contributed by atoms with E-state index in [1.807, 2.05) is 16.8 Å². The number of ether oxygens (including phenoxy) is 1. The lowest BCUT2D eigenvalue weighted by molar-refractivity contribution is 0.0997. The molecular weight excluding hydrogens is 374 g/mol. The molecule has 0 radical (unpaired) electrons. The first-order valence-corrected chi connectivity index (χ1v) is 10.6. The monoisotopic (exact) mass is 395 g/mol. The Hall–Kier alpha value is -1.94. The minimum absolute atomic E-state index is 0.00126. The van der Waals surface area contributed by atoms with Gasteiger partial charge in [-0.3, -0.25) is 9.69 Å².